The van der Waals surface area contributed by atoms with Gasteiger partial charge < -0.3 is 56.5 Å². The molecule has 0 radical (unpaired) electrons. The monoisotopic (exact) mass is 359 g/mol. The third kappa shape index (κ3) is 42.7. The van der Waals surface area contributed by atoms with Crippen LogP contribution in [-0.2, 0) is 4.74 Å². The van der Waals surface area contributed by atoms with Gasteiger partial charge in [-0.15, -0.1) is 0 Å². The molecule has 2 rings (SSSR count). The Balaban J connectivity index is 0. The predicted octanol–water partition coefficient (Wildman–Crippen LogP) is 4.94. The van der Waals surface area contributed by atoms with Crippen molar-refractivity contribution >= 4 is 21.8 Å². The highest BCUT2D eigenvalue weighted by Crippen LogP contribution is 2.43. The molecule has 1 aliphatic carbocycles. The molecule has 0 N–H and O–H groups in total. The predicted molar refractivity (Wildman–Crippen MR) is 57.6 cm³/mol. The summed E-state index contributed by atoms with van der Waals surface area (Å²) in [6, 6.07) is 0. The van der Waals surface area contributed by atoms with E-state index in [2.05, 4.69) is 0 Å². The van der Waals surface area contributed by atoms with E-state index in [1.165, 1.54) is 12.8 Å². The molecule has 2 atom stereocenters. The van der Waals surface area contributed by atoms with Crippen LogP contribution in [0.2, 0.25) is 0 Å². The van der Waals surface area contributed by atoms with Crippen LogP contribution in [0.1, 0.15) is 12.8 Å². The van der Waals surface area contributed by atoms with E-state index in [4.69, 9.17) is 4.74 Å². The lowest BCUT2D eigenvalue weighted by atomic mass is 10.2. The molecule has 1 saturated heterocycles. The fraction of sp³-hybridized carbons (Fsp3) is 1.00. The van der Waals surface area contributed by atoms with E-state index in [0.29, 0.717) is 0 Å². The number of rotatable bonds is 0. The zero-order valence-electron chi connectivity index (χ0n) is 10.7. The van der Waals surface area contributed by atoms with E-state index in [0.717, 1.165) is 25.0 Å². The molecule has 2 fully saturated rings. The summed E-state index contributed by atoms with van der Waals surface area (Å²) in [4.78, 5) is 0. The minimum absolute atomic E-state index is 0.980. The van der Waals surface area contributed by atoms with Gasteiger partial charge >= 0.3 is 21.8 Å². The van der Waals surface area contributed by atoms with Gasteiger partial charge in [-0.3, -0.25) is 0 Å². The summed E-state index contributed by atoms with van der Waals surface area (Å²) >= 11 is 0. The first-order valence-electron chi connectivity index (χ1n) is 5.66. The molecule has 16 heteroatoms. The normalized spacial score (nSPS) is 23.5. The molecular formula is C6H10B3F12O-3. The maximum Gasteiger partial charge on any atom is 0.673 e. The van der Waals surface area contributed by atoms with Crippen LogP contribution < -0.4 is 0 Å². The van der Waals surface area contributed by atoms with Crippen molar-refractivity contribution in [2.45, 2.75) is 12.8 Å². The summed E-state index contributed by atoms with van der Waals surface area (Å²) in [5.74, 6) is 2.06. The third-order valence-corrected chi connectivity index (χ3v) is 2.03. The van der Waals surface area contributed by atoms with Gasteiger partial charge in [0.25, 0.3) is 0 Å². The van der Waals surface area contributed by atoms with Gasteiger partial charge in [0.05, 0.1) is 0 Å². The fourth-order valence-corrected chi connectivity index (χ4v) is 1.34. The highest BCUT2D eigenvalue weighted by Gasteiger charge is 2.38. The van der Waals surface area contributed by atoms with Gasteiger partial charge in [-0.2, -0.15) is 0 Å². The summed E-state index contributed by atoms with van der Waals surface area (Å²) in [5, 5.41) is 0. The van der Waals surface area contributed by atoms with Crippen LogP contribution in [0.5, 0.6) is 0 Å². The van der Waals surface area contributed by atoms with Gasteiger partial charge in [0, 0.05) is 13.2 Å². The molecule has 1 nitrogen and oxygen atoms in total. The number of fused-ring (bicyclic) bond motifs is 1. The summed E-state index contributed by atoms with van der Waals surface area (Å²) in [5.41, 5.74) is 0. The lowest BCUT2D eigenvalue weighted by Crippen LogP contribution is -2.06. The van der Waals surface area contributed by atoms with E-state index >= 15 is 0 Å². The van der Waals surface area contributed by atoms with E-state index in [1.807, 2.05) is 0 Å². The number of ether oxygens (including phenoxy) is 1. The van der Waals surface area contributed by atoms with Crippen molar-refractivity contribution in [2.24, 2.45) is 11.8 Å². The van der Waals surface area contributed by atoms with E-state index in [-0.39, 0.29) is 0 Å². The van der Waals surface area contributed by atoms with Crippen molar-refractivity contribution in [2.75, 3.05) is 13.2 Å². The van der Waals surface area contributed by atoms with Crippen molar-refractivity contribution in [3.8, 4) is 0 Å². The smallest absolute Gasteiger partial charge is 0.418 e. The standard InChI is InChI=1S/C6H10O.3BF4/c1-2-7-4-6-3-5(1)6;3*2-1(3,4)5/h5-6H,1-4H2;;;/q;3*-1. The molecule has 22 heavy (non-hydrogen) atoms. The lowest BCUT2D eigenvalue weighted by Gasteiger charge is -2.07. The SMILES string of the molecule is C1CC2CC2CO1.F[B-](F)(F)F.F[B-](F)(F)F.F[B-](F)(F)F. The maximum atomic E-state index is 9.75. The molecule has 0 aromatic carbocycles. The van der Waals surface area contributed by atoms with Crippen LogP contribution >= 0.6 is 0 Å². The Bertz CT molecular complexity index is 232. The molecule has 0 amide bonds. The molecule has 0 bridgehead atoms. The van der Waals surface area contributed by atoms with Gasteiger partial charge in [-0.1, -0.05) is 0 Å². The highest BCUT2D eigenvalue weighted by atomic mass is 19.5. The van der Waals surface area contributed by atoms with E-state index < -0.39 is 21.8 Å². The summed E-state index contributed by atoms with van der Waals surface area (Å²) in [6.45, 7) is 2.09. The van der Waals surface area contributed by atoms with Crippen molar-refractivity contribution in [3.63, 3.8) is 0 Å². The largest absolute Gasteiger partial charge is 0.673 e. The van der Waals surface area contributed by atoms with Crippen LogP contribution in [0, 0.1) is 11.8 Å². The fourth-order valence-electron chi connectivity index (χ4n) is 1.34. The van der Waals surface area contributed by atoms with Crippen LogP contribution in [0.25, 0.3) is 0 Å². The van der Waals surface area contributed by atoms with Gasteiger partial charge in [0.15, 0.2) is 0 Å². The molecule has 1 aliphatic heterocycles. The molecule has 1 heterocycles. The number of hydrogen-bond donors (Lipinski definition) is 0. The molecule has 136 valence electrons. The molecular weight excluding hydrogens is 348 g/mol. The Labute approximate surface area is 117 Å². The van der Waals surface area contributed by atoms with Crippen LogP contribution in [0.3, 0.4) is 0 Å². The molecule has 2 unspecified atom stereocenters. The van der Waals surface area contributed by atoms with Gasteiger partial charge in [0.1, 0.15) is 0 Å². The molecule has 0 spiro atoms. The molecule has 1 saturated carbocycles. The van der Waals surface area contributed by atoms with Crippen LogP contribution in [-0.4, -0.2) is 35.0 Å². The molecule has 0 aromatic rings. The quantitative estimate of drug-likeness (QED) is 0.440. The zero-order chi connectivity index (χ0) is 18.2. The van der Waals surface area contributed by atoms with Crippen molar-refractivity contribution < 1.29 is 56.5 Å². The second-order valence-corrected chi connectivity index (χ2v) is 4.10. The summed E-state index contributed by atoms with van der Waals surface area (Å²) in [6.07, 6.45) is 2.80. The van der Waals surface area contributed by atoms with Gasteiger partial charge in [-0.05, 0) is 24.7 Å². The molecule has 0 aromatic heterocycles. The summed E-state index contributed by atoms with van der Waals surface area (Å²) in [7, 11) is -18.0. The average molecular weight is 359 g/mol. The first-order valence-corrected chi connectivity index (χ1v) is 5.66. The van der Waals surface area contributed by atoms with Crippen molar-refractivity contribution in [1.82, 2.24) is 0 Å². The van der Waals surface area contributed by atoms with Crippen molar-refractivity contribution in [3.05, 3.63) is 0 Å². The van der Waals surface area contributed by atoms with E-state index in [1.54, 1.807) is 0 Å². The Hall–Kier alpha value is -0.685. The van der Waals surface area contributed by atoms with E-state index in [9.17, 15) is 51.8 Å². The summed E-state index contributed by atoms with van der Waals surface area (Å²) < 4.78 is 122. The first kappa shape index (κ1) is 23.6. The Morgan fingerprint density at radius 3 is 1.09 bits per heavy atom. The maximum absolute atomic E-state index is 9.75. The minimum Gasteiger partial charge on any atom is -0.418 e. The Morgan fingerprint density at radius 1 is 0.591 bits per heavy atom. The van der Waals surface area contributed by atoms with Gasteiger partial charge in [0.2, 0.25) is 0 Å². The zero-order valence-corrected chi connectivity index (χ0v) is 10.7. The Morgan fingerprint density at radius 2 is 0.909 bits per heavy atom. The second kappa shape index (κ2) is 9.45. The lowest BCUT2D eigenvalue weighted by molar-refractivity contribution is 0.0889. The number of hydrogen-bond acceptors (Lipinski definition) is 1. The number of halogens is 12. The van der Waals surface area contributed by atoms with Crippen LogP contribution in [0.15, 0.2) is 0 Å². The highest BCUT2D eigenvalue weighted by molar-refractivity contribution is 6.50. The van der Waals surface area contributed by atoms with Crippen LogP contribution in [0.4, 0.5) is 51.8 Å². The van der Waals surface area contributed by atoms with Crippen molar-refractivity contribution in [1.29, 1.82) is 0 Å². The average Bonchev–Trinajstić information content (AvgIpc) is 2.86. The first-order chi connectivity index (χ1) is 9.47. The third-order valence-electron chi connectivity index (χ3n) is 2.03. The Kier molecular flexibility index (Phi) is 10.1. The topological polar surface area (TPSA) is 9.23 Å². The minimum atomic E-state index is -6.00. The molecule has 2 aliphatic rings. The second-order valence-electron chi connectivity index (χ2n) is 4.10. The van der Waals surface area contributed by atoms with Gasteiger partial charge in [-0.25, -0.2) is 0 Å².